The van der Waals surface area contributed by atoms with E-state index in [1.165, 1.54) is 12.1 Å². The summed E-state index contributed by atoms with van der Waals surface area (Å²) in [5.41, 5.74) is 1.36. The molecule has 0 spiro atoms. The van der Waals surface area contributed by atoms with E-state index >= 15 is 0 Å². The Bertz CT molecular complexity index is 660. The fraction of sp³-hybridized carbons (Fsp3) is 0.250. The van der Waals surface area contributed by atoms with Gasteiger partial charge in [-0.3, -0.25) is 4.79 Å². The van der Waals surface area contributed by atoms with Crippen molar-refractivity contribution >= 4 is 17.5 Å². The summed E-state index contributed by atoms with van der Waals surface area (Å²) in [6.45, 7) is 0.673. The molecule has 1 saturated heterocycles. The van der Waals surface area contributed by atoms with Crippen LogP contribution in [0.2, 0.25) is 5.15 Å². The third-order valence-electron chi connectivity index (χ3n) is 3.76. The summed E-state index contributed by atoms with van der Waals surface area (Å²) in [7, 11) is 0. The van der Waals surface area contributed by atoms with Gasteiger partial charge in [-0.25, -0.2) is 9.37 Å². The lowest BCUT2D eigenvalue weighted by atomic mass is 10.0. The van der Waals surface area contributed by atoms with Crippen molar-refractivity contribution in [2.24, 2.45) is 0 Å². The molecule has 2 heterocycles. The van der Waals surface area contributed by atoms with Gasteiger partial charge in [0, 0.05) is 12.7 Å². The lowest BCUT2D eigenvalue weighted by molar-refractivity contribution is 0.0735. The molecule has 1 aliphatic heterocycles. The largest absolute Gasteiger partial charge is 0.332 e. The number of likely N-dealkylation sites (tertiary alicyclic amines) is 1. The predicted molar refractivity (Wildman–Crippen MR) is 78.7 cm³/mol. The van der Waals surface area contributed by atoms with Crippen LogP contribution < -0.4 is 0 Å². The minimum absolute atomic E-state index is 0.0330. The number of hydrogen-bond acceptors (Lipinski definition) is 2. The maximum Gasteiger partial charge on any atom is 0.257 e. The van der Waals surface area contributed by atoms with Gasteiger partial charge in [0.1, 0.15) is 11.0 Å². The Morgan fingerprint density at radius 1 is 1.29 bits per heavy atom. The maximum absolute atomic E-state index is 13.0. The van der Waals surface area contributed by atoms with E-state index in [-0.39, 0.29) is 22.9 Å². The van der Waals surface area contributed by atoms with Gasteiger partial charge < -0.3 is 4.90 Å². The highest BCUT2D eigenvalue weighted by atomic mass is 35.5. The number of carbonyl (C=O) groups excluding carboxylic acids is 1. The molecule has 2 aromatic rings. The summed E-state index contributed by atoms with van der Waals surface area (Å²) in [5.74, 6) is -0.398. The number of rotatable bonds is 2. The van der Waals surface area contributed by atoms with Gasteiger partial charge in [-0.15, -0.1) is 0 Å². The zero-order chi connectivity index (χ0) is 14.8. The van der Waals surface area contributed by atoms with Crippen LogP contribution in [-0.2, 0) is 0 Å². The van der Waals surface area contributed by atoms with E-state index in [1.54, 1.807) is 35.4 Å². The maximum atomic E-state index is 13.0. The Hall–Kier alpha value is -1.94. The van der Waals surface area contributed by atoms with E-state index in [1.807, 2.05) is 0 Å². The van der Waals surface area contributed by atoms with Gasteiger partial charge in [0.05, 0.1) is 11.6 Å². The van der Waals surface area contributed by atoms with Crippen LogP contribution in [0.25, 0.3) is 0 Å². The second kappa shape index (κ2) is 5.82. The van der Waals surface area contributed by atoms with E-state index < -0.39 is 0 Å². The predicted octanol–water partition coefficient (Wildman–Crippen LogP) is 3.85. The van der Waals surface area contributed by atoms with Crippen molar-refractivity contribution in [1.29, 1.82) is 0 Å². The lowest BCUT2D eigenvalue weighted by Gasteiger charge is -2.25. The molecule has 1 aliphatic rings. The van der Waals surface area contributed by atoms with Gasteiger partial charge in [0.15, 0.2) is 0 Å². The first-order valence-electron chi connectivity index (χ1n) is 6.84. The number of aromatic nitrogens is 1. The van der Waals surface area contributed by atoms with Gasteiger partial charge >= 0.3 is 0 Å². The summed E-state index contributed by atoms with van der Waals surface area (Å²) in [6, 6.07) is 9.65. The Kier molecular flexibility index (Phi) is 3.88. The zero-order valence-corrected chi connectivity index (χ0v) is 12.1. The molecule has 1 unspecified atom stereocenters. The first-order chi connectivity index (χ1) is 10.2. The van der Waals surface area contributed by atoms with E-state index in [0.29, 0.717) is 12.1 Å². The average Bonchev–Trinajstić information content (AvgIpc) is 2.97. The average molecular weight is 305 g/mol. The normalized spacial score (nSPS) is 18.0. The Labute approximate surface area is 127 Å². The molecule has 0 bridgehead atoms. The number of amides is 1. The quantitative estimate of drug-likeness (QED) is 0.790. The van der Waals surface area contributed by atoms with Gasteiger partial charge in [0.25, 0.3) is 5.91 Å². The Balaban J connectivity index is 1.89. The van der Waals surface area contributed by atoms with E-state index in [9.17, 15) is 9.18 Å². The summed E-state index contributed by atoms with van der Waals surface area (Å²) in [6.07, 6.45) is 3.35. The highest BCUT2D eigenvalue weighted by molar-refractivity contribution is 6.32. The highest BCUT2D eigenvalue weighted by Gasteiger charge is 2.31. The molecule has 1 amide bonds. The van der Waals surface area contributed by atoms with Crippen LogP contribution in [0.15, 0.2) is 42.6 Å². The number of benzene rings is 1. The molecule has 3 rings (SSSR count). The van der Waals surface area contributed by atoms with Gasteiger partial charge in [-0.1, -0.05) is 23.7 Å². The number of nitrogens with zero attached hydrogens (tertiary/aromatic N) is 2. The molecule has 1 aromatic heterocycles. The SMILES string of the molecule is O=C(c1cccnc1Cl)N1CCCC1c1ccc(F)cc1. The van der Waals surface area contributed by atoms with Gasteiger partial charge in [-0.2, -0.15) is 0 Å². The summed E-state index contributed by atoms with van der Waals surface area (Å²) >= 11 is 6.00. The second-order valence-corrected chi connectivity index (χ2v) is 5.41. The first kappa shape index (κ1) is 14.0. The number of hydrogen-bond donors (Lipinski definition) is 0. The van der Waals surface area contributed by atoms with Gasteiger partial charge in [-0.05, 0) is 42.7 Å². The smallest absolute Gasteiger partial charge is 0.257 e. The minimum Gasteiger partial charge on any atom is -0.332 e. The molecule has 0 saturated carbocycles. The van der Waals surface area contributed by atoms with Crippen LogP contribution in [0, 0.1) is 5.82 Å². The zero-order valence-electron chi connectivity index (χ0n) is 11.3. The number of pyridine rings is 1. The van der Waals surface area contributed by atoms with Crippen LogP contribution in [0.5, 0.6) is 0 Å². The van der Waals surface area contributed by atoms with Crippen molar-refractivity contribution < 1.29 is 9.18 Å². The molecular weight excluding hydrogens is 291 g/mol. The molecule has 0 radical (unpaired) electrons. The molecule has 5 heteroatoms. The molecule has 0 N–H and O–H groups in total. The third kappa shape index (κ3) is 2.76. The molecule has 1 fully saturated rings. The fourth-order valence-corrected chi connectivity index (χ4v) is 2.94. The highest BCUT2D eigenvalue weighted by Crippen LogP contribution is 2.33. The summed E-state index contributed by atoms with van der Waals surface area (Å²) < 4.78 is 13.0. The molecule has 1 atom stereocenters. The topological polar surface area (TPSA) is 33.2 Å². The van der Waals surface area contributed by atoms with Crippen molar-refractivity contribution in [2.75, 3.05) is 6.54 Å². The molecule has 21 heavy (non-hydrogen) atoms. The van der Waals surface area contributed by atoms with Crippen molar-refractivity contribution in [3.8, 4) is 0 Å². The van der Waals surface area contributed by atoms with E-state index in [2.05, 4.69) is 4.98 Å². The van der Waals surface area contributed by atoms with Gasteiger partial charge in [0.2, 0.25) is 0 Å². The standard InChI is InChI=1S/C16H14ClFN2O/c17-15-13(3-1-9-19-15)16(21)20-10-2-4-14(20)11-5-7-12(18)8-6-11/h1,3,5-9,14H,2,4,10H2. The number of carbonyl (C=O) groups is 1. The molecule has 1 aromatic carbocycles. The van der Waals surface area contributed by atoms with E-state index in [0.717, 1.165) is 18.4 Å². The molecular formula is C16H14ClFN2O. The van der Waals surface area contributed by atoms with Crippen molar-refractivity contribution in [1.82, 2.24) is 9.88 Å². The summed E-state index contributed by atoms with van der Waals surface area (Å²) in [4.78, 5) is 18.4. The second-order valence-electron chi connectivity index (χ2n) is 5.05. The summed E-state index contributed by atoms with van der Waals surface area (Å²) in [5, 5.41) is 0.215. The Morgan fingerprint density at radius 3 is 2.76 bits per heavy atom. The monoisotopic (exact) mass is 304 g/mol. The minimum atomic E-state index is -0.273. The molecule has 108 valence electrons. The molecule has 0 aliphatic carbocycles. The lowest BCUT2D eigenvalue weighted by Crippen LogP contribution is -2.30. The number of halogens is 2. The van der Waals surface area contributed by atoms with E-state index in [4.69, 9.17) is 11.6 Å². The van der Waals surface area contributed by atoms with Crippen LogP contribution in [-0.4, -0.2) is 22.3 Å². The molecule has 3 nitrogen and oxygen atoms in total. The van der Waals surface area contributed by atoms with Crippen molar-refractivity contribution in [3.63, 3.8) is 0 Å². The van der Waals surface area contributed by atoms with Crippen LogP contribution in [0.1, 0.15) is 34.8 Å². The van der Waals surface area contributed by atoms with Crippen molar-refractivity contribution in [3.05, 3.63) is 64.7 Å². The van der Waals surface area contributed by atoms with Crippen molar-refractivity contribution in [2.45, 2.75) is 18.9 Å². The first-order valence-corrected chi connectivity index (χ1v) is 7.21. The van der Waals surface area contributed by atoms with Crippen LogP contribution in [0.3, 0.4) is 0 Å². The fourth-order valence-electron chi connectivity index (χ4n) is 2.74. The van der Waals surface area contributed by atoms with Crippen LogP contribution in [0.4, 0.5) is 4.39 Å². The Morgan fingerprint density at radius 2 is 2.05 bits per heavy atom. The third-order valence-corrected chi connectivity index (χ3v) is 4.06. The van der Waals surface area contributed by atoms with Crippen LogP contribution >= 0.6 is 11.6 Å².